The molecule has 8 nitrogen and oxygen atoms in total. The Bertz CT molecular complexity index is 895. The molecule has 0 aliphatic heterocycles. The molecule has 2 N–H and O–H groups in total. The average Bonchev–Trinajstić information content (AvgIpc) is 3.23. The summed E-state index contributed by atoms with van der Waals surface area (Å²) in [5.74, 6) is 1.94. The van der Waals surface area contributed by atoms with Crippen molar-refractivity contribution < 1.29 is 9.53 Å². The summed E-state index contributed by atoms with van der Waals surface area (Å²) in [5, 5.41) is 13.1. The Morgan fingerprint density at radius 2 is 2.00 bits per heavy atom. The quantitative estimate of drug-likeness (QED) is 0.221. The Hall–Kier alpha value is -1.87. The van der Waals surface area contributed by atoms with E-state index in [1.165, 1.54) is 32.1 Å². The van der Waals surface area contributed by atoms with Crippen molar-refractivity contribution in [3.05, 3.63) is 6.20 Å². The van der Waals surface area contributed by atoms with Gasteiger partial charge < -0.3 is 15.4 Å². The number of nitrogens with zero attached hydrogens (tertiary/aromatic N) is 4. The third kappa shape index (κ3) is 7.83. The number of fused-ring (bicyclic) bond motifs is 1. The van der Waals surface area contributed by atoms with Crippen LogP contribution in [0.25, 0.3) is 11.0 Å². The Morgan fingerprint density at radius 3 is 2.71 bits per heavy atom. The molecule has 1 fully saturated rings. The first-order valence-corrected chi connectivity index (χ1v) is 13.9. The molecule has 0 bridgehead atoms. The minimum Gasteiger partial charge on any atom is -0.380 e. The van der Waals surface area contributed by atoms with E-state index in [9.17, 15) is 4.79 Å². The van der Waals surface area contributed by atoms with Crippen molar-refractivity contribution in [1.29, 1.82) is 0 Å². The Kier molecular flexibility index (Phi) is 10.9. The van der Waals surface area contributed by atoms with E-state index in [4.69, 9.17) is 14.7 Å². The standard InChI is InChI=1S/C25H42N6O2S/c1-5-7-8-19-9-11-20(12-10-19)24(32)27-13-15-31-23-21(17-28-31)22(26-14-16-33-6-2)29-25(30-23)34-18(3)4/h17-20H,5-16H2,1-4H3,(H,27,32)(H,26,29,30). The summed E-state index contributed by atoms with van der Waals surface area (Å²) in [6, 6.07) is 0. The van der Waals surface area contributed by atoms with E-state index in [2.05, 4.69) is 36.5 Å². The van der Waals surface area contributed by atoms with Crippen LogP contribution in [0.3, 0.4) is 0 Å². The summed E-state index contributed by atoms with van der Waals surface area (Å²) in [6.45, 7) is 11.6. The summed E-state index contributed by atoms with van der Waals surface area (Å²) >= 11 is 1.63. The maximum Gasteiger partial charge on any atom is 0.223 e. The van der Waals surface area contributed by atoms with E-state index in [1.807, 2.05) is 17.8 Å². The summed E-state index contributed by atoms with van der Waals surface area (Å²) in [7, 11) is 0. The van der Waals surface area contributed by atoms with E-state index in [0.29, 0.717) is 38.1 Å². The minimum atomic E-state index is 0.157. The van der Waals surface area contributed by atoms with Crippen molar-refractivity contribution in [2.75, 3.05) is 31.6 Å². The van der Waals surface area contributed by atoms with E-state index >= 15 is 0 Å². The lowest BCUT2D eigenvalue weighted by atomic mass is 9.79. The number of nitrogens with one attached hydrogen (secondary N) is 2. The number of aromatic nitrogens is 4. The Morgan fingerprint density at radius 1 is 1.21 bits per heavy atom. The highest BCUT2D eigenvalue weighted by Crippen LogP contribution is 2.32. The molecule has 0 aromatic carbocycles. The topological polar surface area (TPSA) is 94.0 Å². The number of thioether (sulfide) groups is 1. The van der Waals surface area contributed by atoms with Crippen LogP contribution in [0, 0.1) is 11.8 Å². The summed E-state index contributed by atoms with van der Waals surface area (Å²) in [4.78, 5) is 22.2. The van der Waals surface area contributed by atoms with Crippen LogP contribution in [-0.2, 0) is 16.1 Å². The van der Waals surface area contributed by atoms with Gasteiger partial charge in [-0.3, -0.25) is 4.79 Å². The number of unbranched alkanes of at least 4 members (excludes halogenated alkanes) is 1. The average molecular weight is 491 g/mol. The first-order chi connectivity index (χ1) is 16.5. The third-order valence-corrected chi connectivity index (χ3v) is 7.23. The van der Waals surface area contributed by atoms with Gasteiger partial charge in [-0.2, -0.15) is 5.10 Å². The maximum atomic E-state index is 12.7. The Labute approximate surface area is 208 Å². The van der Waals surface area contributed by atoms with E-state index in [0.717, 1.165) is 40.8 Å². The fourth-order valence-electron chi connectivity index (χ4n) is 4.52. The van der Waals surface area contributed by atoms with Crippen LogP contribution in [0.15, 0.2) is 11.4 Å². The zero-order chi connectivity index (χ0) is 24.3. The highest BCUT2D eigenvalue weighted by molar-refractivity contribution is 7.99. The van der Waals surface area contributed by atoms with Crippen LogP contribution in [0.4, 0.5) is 5.82 Å². The van der Waals surface area contributed by atoms with Crippen molar-refractivity contribution in [2.24, 2.45) is 11.8 Å². The molecule has 2 aromatic heterocycles. The number of carbonyl (C=O) groups excluding carboxylic acids is 1. The highest BCUT2D eigenvalue weighted by Gasteiger charge is 2.25. The van der Waals surface area contributed by atoms with E-state index in [1.54, 1.807) is 11.8 Å². The second-order valence-electron chi connectivity index (χ2n) is 9.40. The van der Waals surface area contributed by atoms with Gasteiger partial charge in [-0.1, -0.05) is 51.8 Å². The lowest BCUT2D eigenvalue weighted by Gasteiger charge is -2.27. The van der Waals surface area contributed by atoms with Crippen molar-refractivity contribution in [3.63, 3.8) is 0 Å². The fraction of sp³-hybridized carbons (Fsp3) is 0.760. The monoisotopic (exact) mass is 490 g/mol. The van der Waals surface area contributed by atoms with E-state index < -0.39 is 0 Å². The summed E-state index contributed by atoms with van der Waals surface area (Å²) < 4.78 is 7.32. The van der Waals surface area contributed by atoms with E-state index in [-0.39, 0.29) is 11.8 Å². The van der Waals surface area contributed by atoms with Crippen molar-refractivity contribution in [3.8, 4) is 0 Å². The molecule has 0 atom stereocenters. The molecule has 2 heterocycles. The Balaban J connectivity index is 1.58. The fourth-order valence-corrected chi connectivity index (χ4v) is 5.22. The van der Waals surface area contributed by atoms with Crippen LogP contribution < -0.4 is 10.6 Å². The zero-order valence-corrected chi connectivity index (χ0v) is 22.1. The van der Waals surface area contributed by atoms with Gasteiger partial charge in [0.25, 0.3) is 0 Å². The lowest BCUT2D eigenvalue weighted by molar-refractivity contribution is -0.126. The molecule has 1 amide bonds. The highest BCUT2D eigenvalue weighted by atomic mass is 32.2. The number of anilines is 1. The van der Waals surface area contributed by atoms with Gasteiger partial charge in [0.05, 0.1) is 24.7 Å². The molecule has 3 rings (SSSR count). The molecule has 0 radical (unpaired) electrons. The molecule has 190 valence electrons. The molecular formula is C25H42N6O2S. The third-order valence-electron chi connectivity index (χ3n) is 6.37. The van der Waals surface area contributed by atoms with Crippen LogP contribution in [0.2, 0.25) is 0 Å². The zero-order valence-electron chi connectivity index (χ0n) is 21.3. The lowest BCUT2D eigenvalue weighted by Crippen LogP contribution is -2.35. The SMILES string of the molecule is CCCCC1CCC(C(=O)NCCn2ncc3c(NCCOCC)nc(SC(C)C)nc32)CC1. The van der Waals surface area contributed by atoms with Gasteiger partial charge in [-0.05, 0) is 38.5 Å². The summed E-state index contributed by atoms with van der Waals surface area (Å²) in [6.07, 6.45) is 10.1. The van der Waals surface area contributed by atoms with Crippen LogP contribution >= 0.6 is 11.8 Å². The maximum absolute atomic E-state index is 12.7. The van der Waals surface area contributed by atoms with Crippen molar-refractivity contribution in [2.45, 2.75) is 89.6 Å². The van der Waals surface area contributed by atoms with Crippen molar-refractivity contribution >= 4 is 34.5 Å². The van der Waals surface area contributed by atoms with Crippen molar-refractivity contribution in [1.82, 2.24) is 25.1 Å². The molecule has 0 unspecified atom stereocenters. The first-order valence-electron chi connectivity index (χ1n) is 13.0. The molecule has 0 saturated heterocycles. The van der Waals surface area contributed by atoms with Crippen LogP contribution in [0.1, 0.15) is 72.6 Å². The largest absolute Gasteiger partial charge is 0.380 e. The molecule has 1 saturated carbocycles. The number of amides is 1. The normalized spacial score (nSPS) is 18.5. The molecular weight excluding hydrogens is 448 g/mol. The second-order valence-corrected chi connectivity index (χ2v) is 10.9. The number of ether oxygens (including phenoxy) is 1. The second kappa shape index (κ2) is 13.9. The first kappa shape index (κ1) is 26.7. The number of hydrogen-bond donors (Lipinski definition) is 2. The smallest absolute Gasteiger partial charge is 0.223 e. The van der Waals surface area contributed by atoms with Gasteiger partial charge in [0.2, 0.25) is 5.91 Å². The van der Waals surface area contributed by atoms with Crippen LogP contribution in [-0.4, -0.2) is 57.2 Å². The number of carbonyl (C=O) groups is 1. The van der Waals surface area contributed by atoms with Gasteiger partial charge in [0.1, 0.15) is 5.82 Å². The molecule has 2 aromatic rings. The molecule has 0 spiro atoms. The van der Waals surface area contributed by atoms with Gasteiger partial charge in [-0.15, -0.1) is 0 Å². The van der Waals surface area contributed by atoms with Gasteiger partial charge in [-0.25, -0.2) is 14.6 Å². The minimum absolute atomic E-state index is 0.157. The number of rotatable bonds is 14. The molecule has 1 aliphatic carbocycles. The van der Waals surface area contributed by atoms with Gasteiger partial charge >= 0.3 is 0 Å². The predicted molar refractivity (Wildman–Crippen MR) is 139 cm³/mol. The predicted octanol–water partition coefficient (Wildman–Crippen LogP) is 4.89. The molecule has 1 aliphatic rings. The van der Waals surface area contributed by atoms with Crippen LogP contribution in [0.5, 0.6) is 0 Å². The van der Waals surface area contributed by atoms with Gasteiger partial charge in [0.15, 0.2) is 10.8 Å². The van der Waals surface area contributed by atoms with Gasteiger partial charge in [0, 0.05) is 30.9 Å². The summed E-state index contributed by atoms with van der Waals surface area (Å²) in [5.41, 5.74) is 0.794. The molecule has 34 heavy (non-hydrogen) atoms. The number of hydrogen-bond acceptors (Lipinski definition) is 7. The molecule has 9 heteroatoms.